The third-order valence-electron chi connectivity index (χ3n) is 4.33. The molecule has 0 fully saturated rings. The molecule has 1 amide bonds. The Bertz CT molecular complexity index is 897. The van der Waals surface area contributed by atoms with Crippen molar-refractivity contribution in [1.29, 1.82) is 5.26 Å². The zero-order valence-electron chi connectivity index (χ0n) is 15.3. The zero-order chi connectivity index (χ0) is 19.7. The second-order valence-electron chi connectivity index (χ2n) is 7.38. The van der Waals surface area contributed by atoms with Crippen molar-refractivity contribution in [3.05, 3.63) is 57.8 Å². The van der Waals surface area contributed by atoms with Crippen LogP contribution in [-0.4, -0.2) is 22.2 Å². The van der Waals surface area contributed by atoms with Gasteiger partial charge in [-0.3, -0.25) is 4.79 Å². The minimum atomic E-state index is -1.13. The number of Topliss-reactive ketones (excluding diaryl/α,β-unsaturated/α-hetero) is 1. The molecule has 0 saturated heterocycles. The lowest BCUT2D eigenvalue weighted by Gasteiger charge is -2.34. The monoisotopic (exact) mass is 400 g/mol. The van der Waals surface area contributed by atoms with Gasteiger partial charge in [-0.15, -0.1) is 0 Å². The molecule has 0 saturated carbocycles. The molecule has 1 aromatic carbocycles. The van der Waals surface area contributed by atoms with Gasteiger partial charge in [-0.2, -0.15) is 16.6 Å². The van der Waals surface area contributed by atoms with E-state index in [4.69, 9.17) is 4.74 Å². The Morgan fingerprint density at radius 2 is 2.11 bits per heavy atom. The first-order chi connectivity index (χ1) is 12.8. The number of hydrogen-bond acceptors (Lipinski definition) is 6. The molecule has 2 atom stereocenters. The fourth-order valence-corrected chi connectivity index (χ4v) is 4.87. The van der Waals surface area contributed by atoms with Crippen molar-refractivity contribution in [2.45, 2.75) is 43.6 Å². The second kappa shape index (κ2) is 7.37. The number of benzene rings is 1. The SMILES string of the molecule is CC(C)(C)OC(=O)N[C@@H](c1ccsc1)[C@@]1(SC#N)Cc2ccccc2C1=O. The number of nitrogens with zero attached hydrogens (tertiary/aromatic N) is 1. The summed E-state index contributed by atoms with van der Waals surface area (Å²) in [6, 6.07) is 8.54. The fourth-order valence-electron chi connectivity index (χ4n) is 3.28. The molecule has 1 aliphatic carbocycles. The number of fused-ring (bicyclic) bond motifs is 1. The third kappa shape index (κ3) is 3.87. The summed E-state index contributed by atoms with van der Waals surface area (Å²) in [4.78, 5) is 25.9. The lowest BCUT2D eigenvalue weighted by Crippen LogP contribution is -2.48. The predicted octanol–water partition coefficient (Wildman–Crippen LogP) is 4.71. The number of hydrogen-bond donors (Lipinski definition) is 1. The lowest BCUT2D eigenvalue weighted by molar-refractivity contribution is 0.0491. The van der Waals surface area contributed by atoms with Crippen LogP contribution in [0.25, 0.3) is 0 Å². The van der Waals surface area contributed by atoms with Gasteiger partial charge in [0.15, 0.2) is 5.78 Å². The molecule has 0 unspecified atom stereocenters. The molecule has 1 N–H and O–H groups in total. The van der Waals surface area contributed by atoms with E-state index in [1.165, 1.54) is 11.3 Å². The number of carbonyl (C=O) groups is 2. The van der Waals surface area contributed by atoms with Crippen LogP contribution in [0.4, 0.5) is 4.79 Å². The maximum Gasteiger partial charge on any atom is 0.408 e. The smallest absolute Gasteiger partial charge is 0.408 e. The number of rotatable bonds is 4. The Morgan fingerprint density at radius 1 is 1.37 bits per heavy atom. The highest BCUT2D eigenvalue weighted by Gasteiger charge is 2.53. The summed E-state index contributed by atoms with van der Waals surface area (Å²) in [7, 11) is 0. The van der Waals surface area contributed by atoms with E-state index in [1.54, 1.807) is 26.8 Å². The minimum absolute atomic E-state index is 0.142. The summed E-state index contributed by atoms with van der Waals surface area (Å²) >= 11 is 2.38. The van der Waals surface area contributed by atoms with Crippen molar-refractivity contribution in [2.75, 3.05) is 0 Å². The van der Waals surface area contributed by atoms with Crippen molar-refractivity contribution < 1.29 is 14.3 Å². The molecular formula is C20H20N2O3S2. The number of ketones is 1. The van der Waals surface area contributed by atoms with E-state index in [1.807, 2.05) is 35.0 Å². The largest absolute Gasteiger partial charge is 0.444 e. The zero-order valence-corrected chi connectivity index (χ0v) is 16.9. The van der Waals surface area contributed by atoms with Gasteiger partial charge in [-0.1, -0.05) is 24.3 Å². The van der Waals surface area contributed by atoms with Crippen LogP contribution in [0, 0.1) is 10.7 Å². The molecule has 1 aliphatic rings. The molecule has 5 nitrogen and oxygen atoms in total. The third-order valence-corrected chi connectivity index (χ3v) is 6.05. The highest BCUT2D eigenvalue weighted by atomic mass is 32.2. The molecule has 140 valence electrons. The highest BCUT2D eigenvalue weighted by molar-refractivity contribution is 8.05. The number of carbonyl (C=O) groups excluding carboxylic acids is 2. The van der Waals surface area contributed by atoms with Gasteiger partial charge in [0.05, 0.1) is 6.04 Å². The van der Waals surface area contributed by atoms with Gasteiger partial charge in [-0.05, 0) is 66.9 Å². The lowest BCUT2D eigenvalue weighted by atomic mass is 9.90. The molecule has 0 aliphatic heterocycles. The molecule has 3 rings (SSSR count). The summed E-state index contributed by atoms with van der Waals surface area (Å²) < 4.78 is 4.28. The van der Waals surface area contributed by atoms with E-state index >= 15 is 0 Å². The van der Waals surface area contributed by atoms with E-state index in [0.717, 1.165) is 22.9 Å². The first-order valence-electron chi connectivity index (χ1n) is 8.48. The number of thioether (sulfide) groups is 1. The quantitative estimate of drug-likeness (QED) is 0.752. The van der Waals surface area contributed by atoms with Gasteiger partial charge >= 0.3 is 6.09 Å². The van der Waals surface area contributed by atoms with Crippen LogP contribution in [0.3, 0.4) is 0 Å². The summed E-state index contributed by atoms with van der Waals surface area (Å²) in [5.74, 6) is -0.142. The summed E-state index contributed by atoms with van der Waals surface area (Å²) in [5.41, 5.74) is 1.61. The molecule has 2 aromatic rings. The first kappa shape index (κ1) is 19.5. The van der Waals surface area contributed by atoms with E-state index in [9.17, 15) is 14.9 Å². The van der Waals surface area contributed by atoms with Crippen molar-refractivity contribution in [3.8, 4) is 5.40 Å². The van der Waals surface area contributed by atoms with Gasteiger partial charge in [0.25, 0.3) is 0 Å². The molecule has 1 heterocycles. The predicted molar refractivity (Wildman–Crippen MR) is 107 cm³/mol. The molecule has 0 radical (unpaired) electrons. The van der Waals surface area contributed by atoms with Crippen LogP contribution in [-0.2, 0) is 11.2 Å². The van der Waals surface area contributed by atoms with E-state index in [2.05, 4.69) is 10.7 Å². The minimum Gasteiger partial charge on any atom is -0.444 e. The van der Waals surface area contributed by atoms with Crippen LogP contribution < -0.4 is 5.32 Å². The molecule has 0 bridgehead atoms. The number of amides is 1. The van der Waals surface area contributed by atoms with Crippen LogP contribution in [0.5, 0.6) is 0 Å². The number of thiocyanates is 1. The van der Waals surface area contributed by atoms with Crippen molar-refractivity contribution in [2.24, 2.45) is 0 Å². The number of nitriles is 1. The van der Waals surface area contributed by atoms with Crippen LogP contribution in [0.15, 0.2) is 41.1 Å². The standard InChI is InChI=1S/C20H20N2O3S2/c1-19(2,3)25-18(24)22-16(14-8-9-26-11-14)20(27-12-21)10-13-6-4-5-7-15(13)17(20)23/h4-9,11,16H,10H2,1-3H3,(H,22,24)/t16-,20-/m0/s1. The fraction of sp³-hybridized carbons (Fsp3) is 0.350. The topological polar surface area (TPSA) is 79.2 Å². The molecule has 0 spiro atoms. The Hall–Kier alpha value is -2.30. The van der Waals surface area contributed by atoms with Gasteiger partial charge in [-0.25, -0.2) is 4.79 Å². The maximum absolute atomic E-state index is 13.4. The average molecular weight is 401 g/mol. The Kier molecular flexibility index (Phi) is 5.31. The van der Waals surface area contributed by atoms with Gasteiger partial charge in [0.1, 0.15) is 15.7 Å². The van der Waals surface area contributed by atoms with E-state index < -0.39 is 22.5 Å². The molecule has 1 aromatic heterocycles. The molecular weight excluding hydrogens is 380 g/mol. The van der Waals surface area contributed by atoms with Crippen LogP contribution in [0.2, 0.25) is 0 Å². The van der Waals surface area contributed by atoms with Crippen molar-refractivity contribution in [1.82, 2.24) is 5.32 Å². The van der Waals surface area contributed by atoms with E-state index in [0.29, 0.717) is 12.0 Å². The molecule has 7 heteroatoms. The van der Waals surface area contributed by atoms with Crippen molar-refractivity contribution in [3.63, 3.8) is 0 Å². The number of thiophene rings is 1. The number of ether oxygens (including phenoxy) is 1. The van der Waals surface area contributed by atoms with Gasteiger partial charge < -0.3 is 10.1 Å². The number of alkyl carbamates (subject to hydrolysis) is 1. The second-order valence-corrected chi connectivity index (χ2v) is 9.28. The molecule has 27 heavy (non-hydrogen) atoms. The van der Waals surface area contributed by atoms with Gasteiger partial charge in [0, 0.05) is 5.56 Å². The Balaban J connectivity index is 2.03. The Labute approximate surface area is 166 Å². The first-order valence-corrected chi connectivity index (χ1v) is 10.2. The van der Waals surface area contributed by atoms with Crippen molar-refractivity contribution >= 4 is 35.0 Å². The highest BCUT2D eigenvalue weighted by Crippen LogP contribution is 2.48. The average Bonchev–Trinajstić information content (AvgIpc) is 3.20. The van der Waals surface area contributed by atoms with E-state index in [-0.39, 0.29) is 5.78 Å². The van der Waals surface area contributed by atoms with Gasteiger partial charge in [0.2, 0.25) is 0 Å². The summed E-state index contributed by atoms with van der Waals surface area (Å²) in [5, 5.41) is 18.2. The summed E-state index contributed by atoms with van der Waals surface area (Å²) in [6.07, 6.45) is -0.239. The normalized spacial score (nSPS) is 19.9. The maximum atomic E-state index is 13.4. The number of nitrogens with one attached hydrogen (secondary N) is 1. The Morgan fingerprint density at radius 3 is 2.70 bits per heavy atom. The van der Waals surface area contributed by atoms with Crippen LogP contribution in [0.1, 0.15) is 48.3 Å². The summed E-state index contributed by atoms with van der Waals surface area (Å²) in [6.45, 7) is 5.34. The van der Waals surface area contributed by atoms with Crippen LogP contribution >= 0.6 is 23.1 Å².